The van der Waals surface area contributed by atoms with Gasteiger partial charge in [-0.3, -0.25) is 4.72 Å². The molecule has 1 N–H and O–H groups in total. The lowest BCUT2D eigenvalue weighted by atomic mass is 10.1. The maximum atomic E-state index is 15.3. The van der Waals surface area contributed by atoms with Crippen LogP contribution in [0.1, 0.15) is 5.69 Å². The number of nitriles is 1. The summed E-state index contributed by atoms with van der Waals surface area (Å²) in [6.45, 7) is 0. The zero-order chi connectivity index (χ0) is 23.0. The fraction of sp³-hybridized carbons (Fsp3) is 0.0500. The molecule has 0 amide bonds. The highest BCUT2D eigenvalue weighted by Gasteiger charge is 2.25. The van der Waals surface area contributed by atoms with E-state index in [-0.39, 0.29) is 22.2 Å². The summed E-state index contributed by atoms with van der Waals surface area (Å²) in [6.07, 6.45) is 3.91. The number of ether oxygens (including phenoxy) is 1. The molecule has 0 unspecified atom stereocenters. The van der Waals surface area contributed by atoms with Crippen molar-refractivity contribution in [3.05, 3.63) is 71.4 Å². The van der Waals surface area contributed by atoms with E-state index in [1.807, 2.05) is 6.07 Å². The molecule has 0 saturated heterocycles. The molecule has 0 aliphatic heterocycles. The van der Waals surface area contributed by atoms with Gasteiger partial charge in [-0.05, 0) is 24.3 Å². The van der Waals surface area contributed by atoms with E-state index in [0.717, 1.165) is 18.2 Å². The monoisotopic (exact) mass is 475 g/mol. The van der Waals surface area contributed by atoms with Crippen LogP contribution in [-0.2, 0) is 10.0 Å². The number of halogens is 3. The third-order valence-corrected chi connectivity index (χ3v) is 6.10. The van der Waals surface area contributed by atoms with Gasteiger partial charge >= 0.3 is 0 Å². The lowest BCUT2D eigenvalue weighted by Gasteiger charge is -2.14. The van der Waals surface area contributed by atoms with Crippen LogP contribution in [0.5, 0.6) is 5.88 Å². The number of anilines is 1. The Bertz CT molecular complexity index is 1520. The van der Waals surface area contributed by atoms with Crippen LogP contribution in [0.2, 0.25) is 5.02 Å². The molecule has 12 heteroatoms. The average molecular weight is 476 g/mol. The van der Waals surface area contributed by atoms with E-state index in [1.165, 1.54) is 42.4 Å². The minimum absolute atomic E-state index is 0.0248. The van der Waals surface area contributed by atoms with Crippen LogP contribution in [0, 0.1) is 23.0 Å². The molecule has 0 aliphatic rings. The molecule has 0 atom stereocenters. The number of benzene rings is 1. The number of hydrogen-bond acceptors (Lipinski definition) is 6. The molecule has 0 aliphatic carbocycles. The predicted octanol–water partition coefficient (Wildman–Crippen LogP) is 4.01. The second-order valence-corrected chi connectivity index (χ2v) is 8.55. The SMILES string of the molecule is COc1ncc(Cl)cc1S(=O)(=O)Nc1ccc(F)c(-c2ccc3c(C#N)ncn3c2)c1F. The molecule has 1 aromatic carbocycles. The molecule has 0 fully saturated rings. The first-order chi connectivity index (χ1) is 15.2. The Morgan fingerprint density at radius 3 is 2.72 bits per heavy atom. The van der Waals surface area contributed by atoms with Gasteiger partial charge in [0, 0.05) is 18.0 Å². The number of rotatable bonds is 5. The summed E-state index contributed by atoms with van der Waals surface area (Å²) in [4.78, 5) is 7.28. The summed E-state index contributed by atoms with van der Waals surface area (Å²) in [6, 6.07) is 7.79. The molecule has 0 spiro atoms. The van der Waals surface area contributed by atoms with E-state index in [1.54, 1.807) is 0 Å². The molecule has 162 valence electrons. The Labute approximate surface area is 185 Å². The Hall–Kier alpha value is -3.75. The lowest BCUT2D eigenvalue weighted by molar-refractivity contribution is 0.385. The van der Waals surface area contributed by atoms with Gasteiger partial charge in [-0.15, -0.1) is 0 Å². The Balaban J connectivity index is 1.80. The number of pyridine rings is 2. The van der Waals surface area contributed by atoms with Gasteiger partial charge in [-0.25, -0.2) is 27.2 Å². The van der Waals surface area contributed by atoms with Gasteiger partial charge in [0.15, 0.2) is 16.4 Å². The van der Waals surface area contributed by atoms with Crippen molar-refractivity contribution in [1.29, 1.82) is 5.26 Å². The molecular formula is C20H12ClF2N5O3S. The van der Waals surface area contributed by atoms with Crippen LogP contribution < -0.4 is 9.46 Å². The molecule has 3 aromatic heterocycles. The van der Waals surface area contributed by atoms with E-state index in [9.17, 15) is 12.8 Å². The van der Waals surface area contributed by atoms with E-state index < -0.39 is 37.8 Å². The van der Waals surface area contributed by atoms with Gasteiger partial charge in [0.2, 0.25) is 5.88 Å². The Kier molecular flexibility index (Phi) is 5.41. The molecular weight excluding hydrogens is 464 g/mol. The number of nitrogens with one attached hydrogen (secondary N) is 1. The van der Waals surface area contributed by atoms with Crippen molar-refractivity contribution in [3.8, 4) is 23.1 Å². The lowest BCUT2D eigenvalue weighted by Crippen LogP contribution is -2.16. The first-order valence-electron chi connectivity index (χ1n) is 8.82. The van der Waals surface area contributed by atoms with Crippen molar-refractivity contribution in [2.24, 2.45) is 0 Å². The molecule has 32 heavy (non-hydrogen) atoms. The molecule has 0 radical (unpaired) electrons. The highest BCUT2D eigenvalue weighted by Crippen LogP contribution is 2.33. The molecule has 0 saturated carbocycles. The van der Waals surface area contributed by atoms with Crippen molar-refractivity contribution in [3.63, 3.8) is 0 Å². The molecule has 4 aromatic rings. The van der Waals surface area contributed by atoms with Gasteiger partial charge < -0.3 is 9.14 Å². The van der Waals surface area contributed by atoms with Crippen LogP contribution in [0.25, 0.3) is 16.6 Å². The normalized spacial score (nSPS) is 11.3. The number of sulfonamides is 1. The minimum Gasteiger partial charge on any atom is -0.480 e. The van der Waals surface area contributed by atoms with Crippen LogP contribution in [-0.4, -0.2) is 29.9 Å². The highest BCUT2D eigenvalue weighted by atomic mass is 35.5. The second kappa shape index (κ2) is 8.07. The number of methoxy groups -OCH3 is 1. The maximum absolute atomic E-state index is 15.3. The highest BCUT2D eigenvalue weighted by molar-refractivity contribution is 7.92. The summed E-state index contributed by atoms with van der Waals surface area (Å²) in [5.41, 5.74) is -0.239. The van der Waals surface area contributed by atoms with Crippen molar-refractivity contribution < 1.29 is 21.9 Å². The first kappa shape index (κ1) is 21.5. The van der Waals surface area contributed by atoms with Gasteiger partial charge in [0.1, 0.15) is 18.2 Å². The first-order valence-corrected chi connectivity index (χ1v) is 10.7. The number of aromatic nitrogens is 3. The summed E-state index contributed by atoms with van der Waals surface area (Å²) >= 11 is 5.84. The summed E-state index contributed by atoms with van der Waals surface area (Å²) in [5, 5.41) is 9.08. The zero-order valence-corrected chi connectivity index (χ0v) is 17.7. The van der Waals surface area contributed by atoms with Crippen LogP contribution in [0.15, 0.2) is 53.9 Å². The summed E-state index contributed by atoms with van der Waals surface area (Å²) in [7, 11) is -3.17. The van der Waals surface area contributed by atoms with Gasteiger partial charge in [-0.1, -0.05) is 17.7 Å². The number of imidazole rings is 1. The van der Waals surface area contributed by atoms with Crippen molar-refractivity contribution in [2.45, 2.75) is 4.90 Å². The van der Waals surface area contributed by atoms with Crippen LogP contribution in [0.3, 0.4) is 0 Å². The van der Waals surface area contributed by atoms with E-state index in [0.29, 0.717) is 5.52 Å². The largest absolute Gasteiger partial charge is 0.480 e. The van der Waals surface area contributed by atoms with Gasteiger partial charge in [-0.2, -0.15) is 5.26 Å². The summed E-state index contributed by atoms with van der Waals surface area (Å²) in [5.74, 6) is -2.29. The molecule has 3 heterocycles. The fourth-order valence-corrected chi connectivity index (χ4v) is 4.51. The number of fused-ring (bicyclic) bond motifs is 1. The topological polar surface area (TPSA) is 109 Å². The number of hydrogen-bond donors (Lipinski definition) is 1. The van der Waals surface area contributed by atoms with Crippen LogP contribution >= 0.6 is 11.6 Å². The van der Waals surface area contributed by atoms with E-state index >= 15 is 4.39 Å². The maximum Gasteiger partial charge on any atom is 0.267 e. The zero-order valence-electron chi connectivity index (χ0n) is 16.2. The van der Waals surface area contributed by atoms with E-state index in [4.69, 9.17) is 21.6 Å². The standard InChI is InChI=1S/C20H12ClF2N5O3S/c1-31-20-17(6-12(21)8-25-20)32(29,30)27-14-4-3-13(22)18(19(14)23)11-2-5-16-15(7-24)26-10-28(16)9-11/h2-6,8-10,27H,1H3. The van der Waals surface area contributed by atoms with Gasteiger partial charge in [0.25, 0.3) is 10.0 Å². The smallest absolute Gasteiger partial charge is 0.267 e. The van der Waals surface area contributed by atoms with Crippen molar-refractivity contribution >= 4 is 32.8 Å². The number of nitrogens with zero attached hydrogens (tertiary/aromatic N) is 4. The molecule has 4 rings (SSSR count). The Morgan fingerprint density at radius 2 is 2.00 bits per heavy atom. The fourth-order valence-electron chi connectivity index (χ4n) is 3.08. The molecule has 0 bridgehead atoms. The minimum atomic E-state index is -4.38. The summed E-state index contributed by atoms with van der Waals surface area (Å²) < 4.78 is 64.0. The third-order valence-electron chi connectivity index (χ3n) is 4.53. The van der Waals surface area contributed by atoms with Crippen LogP contribution in [0.4, 0.5) is 14.5 Å². The van der Waals surface area contributed by atoms with Gasteiger partial charge in [0.05, 0.1) is 28.9 Å². The molecule has 8 nitrogen and oxygen atoms in total. The predicted molar refractivity (Wildman–Crippen MR) is 112 cm³/mol. The average Bonchev–Trinajstić information content (AvgIpc) is 3.18. The Morgan fingerprint density at radius 1 is 1.22 bits per heavy atom. The van der Waals surface area contributed by atoms with E-state index in [2.05, 4.69) is 14.7 Å². The van der Waals surface area contributed by atoms with Crippen molar-refractivity contribution in [2.75, 3.05) is 11.8 Å². The third kappa shape index (κ3) is 3.70. The second-order valence-electron chi connectivity index (χ2n) is 6.47. The van der Waals surface area contributed by atoms with Crippen molar-refractivity contribution in [1.82, 2.24) is 14.4 Å². The quantitative estimate of drug-likeness (QED) is 0.467.